The third-order valence-electron chi connectivity index (χ3n) is 3.21. The summed E-state index contributed by atoms with van der Waals surface area (Å²) in [5.41, 5.74) is 9.60. The number of nitrogens with two attached hydrogens (primary N) is 1. The number of hydrogen-bond acceptors (Lipinski definition) is 6. The first-order valence-corrected chi connectivity index (χ1v) is 7.54. The normalized spacial score (nSPS) is 9.92. The van der Waals surface area contributed by atoms with Gasteiger partial charge in [0.2, 0.25) is 0 Å². The highest BCUT2D eigenvalue weighted by Gasteiger charge is 2.12. The number of anilines is 3. The molecular weight excluding hydrogens is 376 g/mol. The highest BCUT2D eigenvalue weighted by atomic mass is 79.9. The van der Waals surface area contributed by atoms with Crippen molar-refractivity contribution in [2.75, 3.05) is 11.1 Å². The number of carboxylic acid groups (broad SMARTS) is 1. The molecular formula is C15H15BrN6O2. The van der Waals surface area contributed by atoms with Crippen molar-refractivity contribution in [2.45, 2.75) is 6.92 Å². The fourth-order valence-corrected chi connectivity index (χ4v) is 2.59. The lowest BCUT2D eigenvalue weighted by Crippen LogP contribution is -1.98. The van der Waals surface area contributed by atoms with Gasteiger partial charge in [0, 0.05) is 28.8 Å². The molecule has 2 aromatic heterocycles. The molecule has 0 aliphatic rings. The highest BCUT2D eigenvalue weighted by molar-refractivity contribution is 9.10. The molecule has 0 saturated carbocycles. The van der Waals surface area contributed by atoms with Gasteiger partial charge >= 0.3 is 0 Å². The summed E-state index contributed by atoms with van der Waals surface area (Å²) in [5, 5.41) is 18.4. The SMILES string of the molecule is Cc1[nH]c2ncnc(Nc3ccc(N)c(C=N)c3)c2c1Br.O=CO. The number of nitrogen functional groups attached to an aromatic ring is 1. The molecule has 0 bridgehead atoms. The van der Waals surface area contributed by atoms with Crippen molar-refractivity contribution in [3.8, 4) is 0 Å². The molecule has 24 heavy (non-hydrogen) atoms. The summed E-state index contributed by atoms with van der Waals surface area (Å²) in [7, 11) is 0. The van der Waals surface area contributed by atoms with E-state index in [0.29, 0.717) is 17.1 Å². The second kappa shape index (κ2) is 7.55. The maximum Gasteiger partial charge on any atom is 0.290 e. The number of hydrogen-bond donors (Lipinski definition) is 5. The van der Waals surface area contributed by atoms with Crippen molar-refractivity contribution in [3.05, 3.63) is 40.3 Å². The number of benzene rings is 1. The molecule has 1 aromatic carbocycles. The van der Waals surface area contributed by atoms with Crippen molar-refractivity contribution >= 4 is 56.8 Å². The Hall–Kier alpha value is -2.94. The summed E-state index contributed by atoms with van der Waals surface area (Å²) in [4.78, 5) is 20.1. The molecule has 124 valence electrons. The first-order valence-electron chi connectivity index (χ1n) is 6.75. The quantitative estimate of drug-likeness (QED) is 0.264. The number of H-pyrrole nitrogens is 1. The topological polar surface area (TPSA) is 141 Å². The summed E-state index contributed by atoms with van der Waals surface area (Å²) < 4.78 is 0.934. The van der Waals surface area contributed by atoms with Gasteiger partial charge in [0.25, 0.3) is 6.47 Å². The zero-order valence-electron chi connectivity index (χ0n) is 12.7. The lowest BCUT2D eigenvalue weighted by Gasteiger charge is -2.09. The average molecular weight is 391 g/mol. The van der Waals surface area contributed by atoms with Crippen molar-refractivity contribution < 1.29 is 9.90 Å². The Morgan fingerprint density at radius 1 is 1.42 bits per heavy atom. The molecule has 0 atom stereocenters. The Labute approximate surface area is 145 Å². The highest BCUT2D eigenvalue weighted by Crippen LogP contribution is 2.32. The average Bonchev–Trinajstić information content (AvgIpc) is 2.85. The summed E-state index contributed by atoms with van der Waals surface area (Å²) >= 11 is 3.55. The van der Waals surface area contributed by atoms with E-state index >= 15 is 0 Å². The van der Waals surface area contributed by atoms with Gasteiger partial charge in [-0.3, -0.25) is 4.79 Å². The van der Waals surface area contributed by atoms with Crippen LogP contribution in [-0.2, 0) is 4.79 Å². The standard InChI is InChI=1S/C14H13BrN6.CH2O2/c1-7-12(15)11-13(20-7)18-6-19-14(11)21-9-2-3-10(17)8(4-9)5-16;2-1-3/h2-6,16H,17H2,1H3,(H2,18,19,20,21);1H,(H,2,3). The zero-order chi connectivity index (χ0) is 17.7. The Balaban J connectivity index is 0.000000647. The van der Waals surface area contributed by atoms with E-state index in [9.17, 15) is 0 Å². The molecule has 6 N–H and O–H groups in total. The van der Waals surface area contributed by atoms with Gasteiger partial charge in [-0.1, -0.05) is 0 Å². The Morgan fingerprint density at radius 2 is 2.12 bits per heavy atom. The minimum absolute atomic E-state index is 0.250. The van der Waals surface area contributed by atoms with Crippen LogP contribution in [0, 0.1) is 12.3 Å². The fourth-order valence-electron chi connectivity index (χ4n) is 2.12. The van der Waals surface area contributed by atoms with Crippen LogP contribution >= 0.6 is 15.9 Å². The van der Waals surface area contributed by atoms with E-state index in [1.54, 1.807) is 6.07 Å². The van der Waals surface area contributed by atoms with Crippen molar-refractivity contribution in [1.29, 1.82) is 5.41 Å². The van der Waals surface area contributed by atoms with Crippen LogP contribution in [0.2, 0.25) is 0 Å². The van der Waals surface area contributed by atoms with Crippen LogP contribution in [0.1, 0.15) is 11.3 Å². The molecule has 0 unspecified atom stereocenters. The second-order valence-electron chi connectivity index (χ2n) is 4.73. The molecule has 9 heteroatoms. The zero-order valence-corrected chi connectivity index (χ0v) is 14.3. The van der Waals surface area contributed by atoms with Crippen molar-refractivity contribution in [1.82, 2.24) is 15.0 Å². The third-order valence-corrected chi connectivity index (χ3v) is 4.20. The molecule has 3 aromatic rings. The van der Waals surface area contributed by atoms with Gasteiger partial charge in [0.15, 0.2) is 0 Å². The second-order valence-corrected chi connectivity index (χ2v) is 5.52. The van der Waals surface area contributed by atoms with E-state index < -0.39 is 0 Å². The molecule has 0 amide bonds. The molecule has 2 heterocycles. The Bertz CT molecular complexity index is 893. The van der Waals surface area contributed by atoms with Crippen LogP contribution in [-0.4, -0.2) is 32.7 Å². The van der Waals surface area contributed by atoms with Gasteiger partial charge in [-0.05, 0) is 41.1 Å². The van der Waals surface area contributed by atoms with Gasteiger partial charge in [-0.15, -0.1) is 0 Å². The third kappa shape index (κ3) is 3.51. The number of carbonyl (C=O) groups is 1. The number of nitrogens with one attached hydrogen (secondary N) is 3. The fraction of sp³-hybridized carbons (Fsp3) is 0.0667. The number of rotatable bonds is 3. The first kappa shape index (κ1) is 17.4. The summed E-state index contributed by atoms with van der Waals surface area (Å²) in [5.74, 6) is 0.692. The van der Waals surface area contributed by atoms with Gasteiger partial charge < -0.3 is 26.6 Å². The van der Waals surface area contributed by atoms with E-state index in [-0.39, 0.29) is 6.47 Å². The monoisotopic (exact) mass is 390 g/mol. The maximum atomic E-state index is 8.36. The molecule has 0 fully saturated rings. The summed E-state index contributed by atoms with van der Waals surface area (Å²) in [6.07, 6.45) is 2.73. The largest absolute Gasteiger partial charge is 0.483 e. The van der Waals surface area contributed by atoms with Crippen molar-refractivity contribution in [3.63, 3.8) is 0 Å². The number of aromatic nitrogens is 3. The number of aryl methyl sites for hydroxylation is 1. The van der Waals surface area contributed by atoms with E-state index in [0.717, 1.165) is 26.9 Å². The lowest BCUT2D eigenvalue weighted by molar-refractivity contribution is -0.122. The Kier molecular flexibility index (Phi) is 5.48. The van der Waals surface area contributed by atoms with Crippen LogP contribution in [0.15, 0.2) is 29.0 Å². The van der Waals surface area contributed by atoms with Crippen molar-refractivity contribution in [2.24, 2.45) is 0 Å². The van der Waals surface area contributed by atoms with Gasteiger partial charge in [0.05, 0.1) is 9.86 Å². The molecule has 3 rings (SSSR count). The smallest absolute Gasteiger partial charge is 0.290 e. The van der Waals surface area contributed by atoms with Gasteiger partial charge in [-0.2, -0.15) is 0 Å². The predicted molar refractivity (Wildman–Crippen MR) is 97.0 cm³/mol. The molecule has 0 aliphatic carbocycles. The molecule has 0 aliphatic heterocycles. The summed E-state index contributed by atoms with van der Waals surface area (Å²) in [6.45, 7) is 1.71. The number of fused-ring (bicyclic) bond motifs is 1. The first-order chi connectivity index (χ1) is 11.5. The maximum absolute atomic E-state index is 8.36. The van der Waals surface area contributed by atoms with Crippen LogP contribution in [0.5, 0.6) is 0 Å². The molecule has 0 spiro atoms. The van der Waals surface area contributed by atoms with Crippen LogP contribution < -0.4 is 11.1 Å². The minimum atomic E-state index is -0.250. The number of nitrogens with zero attached hydrogens (tertiary/aromatic N) is 2. The van der Waals surface area contributed by atoms with E-state index in [2.05, 4.69) is 36.2 Å². The van der Waals surface area contributed by atoms with Gasteiger partial charge in [-0.25, -0.2) is 9.97 Å². The van der Waals surface area contributed by atoms with Gasteiger partial charge in [0.1, 0.15) is 17.8 Å². The van der Waals surface area contributed by atoms with E-state index in [4.69, 9.17) is 21.0 Å². The Morgan fingerprint density at radius 3 is 2.79 bits per heavy atom. The van der Waals surface area contributed by atoms with E-state index in [1.165, 1.54) is 12.5 Å². The summed E-state index contributed by atoms with van der Waals surface area (Å²) in [6, 6.07) is 5.42. The van der Waals surface area contributed by atoms with E-state index in [1.807, 2.05) is 19.1 Å². The molecule has 0 saturated heterocycles. The minimum Gasteiger partial charge on any atom is -0.483 e. The number of aromatic amines is 1. The van der Waals surface area contributed by atoms with Crippen LogP contribution in [0.25, 0.3) is 11.0 Å². The van der Waals surface area contributed by atoms with Crippen LogP contribution in [0.4, 0.5) is 17.2 Å². The predicted octanol–water partition coefficient (Wildman–Crippen LogP) is 3.05. The molecule has 8 nitrogen and oxygen atoms in total. The number of halogens is 1. The van der Waals surface area contributed by atoms with Crippen LogP contribution in [0.3, 0.4) is 0 Å². The molecule has 0 radical (unpaired) electrons. The lowest BCUT2D eigenvalue weighted by atomic mass is 10.1.